The SMILES string of the molecule is COc1cc2ncc(-c3cc(C(=O)N[C@@H](C)c4ccn(C)n4)n(C)n3)n2cc1S(=O)(=O)C(C)(C)C. The number of nitrogens with zero attached hydrogens (tertiary/aromatic N) is 6. The fourth-order valence-corrected chi connectivity index (χ4v) is 4.99. The van der Waals surface area contributed by atoms with Crippen LogP contribution < -0.4 is 10.1 Å². The maximum Gasteiger partial charge on any atom is 0.270 e. The summed E-state index contributed by atoms with van der Waals surface area (Å²) in [4.78, 5) is 17.4. The van der Waals surface area contributed by atoms with Crippen LogP contribution >= 0.6 is 0 Å². The van der Waals surface area contributed by atoms with Crippen LogP contribution in [0.15, 0.2) is 41.7 Å². The molecule has 0 saturated heterocycles. The highest BCUT2D eigenvalue weighted by atomic mass is 32.2. The van der Waals surface area contributed by atoms with Crippen LogP contribution in [0.5, 0.6) is 5.75 Å². The van der Waals surface area contributed by atoms with Crippen molar-refractivity contribution in [2.24, 2.45) is 14.1 Å². The lowest BCUT2D eigenvalue weighted by atomic mass is 10.2. The zero-order chi connectivity index (χ0) is 25.7. The molecule has 1 N–H and O–H groups in total. The van der Waals surface area contributed by atoms with Crippen molar-refractivity contribution in [1.29, 1.82) is 0 Å². The molecule has 0 fully saturated rings. The lowest BCUT2D eigenvalue weighted by molar-refractivity contribution is 0.0929. The van der Waals surface area contributed by atoms with E-state index in [0.717, 1.165) is 5.69 Å². The first-order valence-corrected chi connectivity index (χ1v) is 12.5. The summed E-state index contributed by atoms with van der Waals surface area (Å²) in [6, 6.07) is 4.77. The van der Waals surface area contributed by atoms with Crippen LogP contribution in [-0.2, 0) is 23.9 Å². The Morgan fingerprint density at radius 2 is 1.89 bits per heavy atom. The van der Waals surface area contributed by atoms with Crippen molar-refractivity contribution in [1.82, 2.24) is 34.3 Å². The summed E-state index contributed by atoms with van der Waals surface area (Å²) < 4.78 is 35.6. The number of carbonyl (C=O) groups excluding carboxylic acids is 1. The summed E-state index contributed by atoms with van der Waals surface area (Å²) in [5.74, 6) is -0.0925. The van der Waals surface area contributed by atoms with Crippen LogP contribution in [0.4, 0.5) is 0 Å². The molecule has 0 saturated carbocycles. The van der Waals surface area contributed by atoms with Gasteiger partial charge in [-0.05, 0) is 39.8 Å². The molecule has 4 aromatic rings. The molecule has 11 nitrogen and oxygen atoms in total. The lowest BCUT2D eigenvalue weighted by Gasteiger charge is -2.21. The zero-order valence-electron chi connectivity index (χ0n) is 20.8. The number of rotatable bonds is 6. The molecule has 0 aliphatic carbocycles. The Bertz CT molecular complexity index is 1520. The highest BCUT2D eigenvalue weighted by Crippen LogP contribution is 2.34. The topological polar surface area (TPSA) is 125 Å². The Balaban J connectivity index is 1.73. The van der Waals surface area contributed by atoms with E-state index in [0.29, 0.717) is 22.7 Å². The van der Waals surface area contributed by atoms with Gasteiger partial charge < -0.3 is 10.1 Å². The number of ether oxygens (including phenoxy) is 1. The molecule has 0 spiro atoms. The van der Waals surface area contributed by atoms with E-state index in [1.165, 1.54) is 18.0 Å². The number of aryl methyl sites for hydroxylation is 2. The summed E-state index contributed by atoms with van der Waals surface area (Å²) in [5, 5.41) is 11.7. The number of pyridine rings is 1. The van der Waals surface area contributed by atoms with Crippen LogP contribution in [0.1, 0.15) is 49.9 Å². The minimum Gasteiger partial charge on any atom is -0.495 e. The monoisotopic (exact) mass is 499 g/mol. The third-order valence-electron chi connectivity index (χ3n) is 5.79. The summed E-state index contributed by atoms with van der Waals surface area (Å²) in [5.41, 5.74) is 2.59. The van der Waals surface area contributed by atoms with E-state index in [-0.39, 0.29) is 22.6 Å². The molecule has 0 aliphatic rings. The fraction of sp³-hybridized carbons (Fsp3) is 0.391. The average Bonchev–Trinajstić information content (AvgIpc) is 3.49. The molecule has 0 radical (unpaired) electrons. The van der Waals surface area contributed by atoms with Crippen molar-refractivity contribution < 1.29 is 17.9 Å². The maximum atomic E-state index is 13.2. The van der Waals surface area contributed by atoms with Crippen molar-refractivity contribution in [2.75, 3.05) is 7.11 Å². The third-order valence-corrected chi connectivity index (χ3v) is 8.29. The van der Waals surface area contributed by atoms with Gasteiger partial charge in [0.2, 0.25) is 0 Å². The summed E-state index contributed by atoms with van der Waals surface area (Å²) >= 11 is 0. The number of carbonyl (C=O) groups is 1. The van der Waals surface area contributed by atoms with Gasteiger partial charge in [0, 0.05) is 32.6 Å². The number of methoxy groups -OCH3 is 1. The Kier molecular flexibility index (Phi) is 5.95. The van der Waals surface area contributed by atoms with Crippen molar-refractivity contribution in [3.63, 3.8) is 0 Å². The van der Waals surface area contributed by atoms with Crippen LogP contribution in [0.25, 0.3) is 17.0 Å². The highest BCUT2D eigenvalue weighted by Gasteiger charge is 2.34. The second-order valence-electron chi connectivity index (χ2n) is 9.34. The van der Waals surface area contributed by atoms with Crippen LogP contribution in [0.3, 0.4) is 0 Å². The van der Waals surface area contributed by atoms with E-state index in [1.54, 1.807) is 55.2 Å². The molecule has 186 valence electrons. The number of hydrogen-bond donors (Lipinski definition) is 1. The lowest BCUT2D eigenvalue weighted by Crippen LogP contribution is -2.28. The first-order valence-electron chi connectivity index (χ1n) is 11.0. The number of fused-ring (bicyclic) bond motifs is 1. The Morgan fingerprint density at radius 3 is 2.49 bits per heavy atom. The van der Waals surface area contributed by atoms with Crippen molar-refractivity contribution >= 4 is 21.4 Å². The second kappa shape index (κ2) is 8.52. The standard InChI is InChI=1S/C23H29N7O4S/c1-14(15-8-9-28(5)26-15)25-22(31)17-10-16(27-29(17)6)18-12-24-21-11-19(34-7)20(13-30(18)21)35(32,33)23(2,3)4/h8-14H,1-7H3,(H,25,31)/t14-/m0/s1. The molecule has 0 unspecified atom stereocenters. The van der Waals surface area contributed by atoms with Gasteiger partial charge in [-0.25, -0.2) is 13.4 Å². The molecule has 0 bridgehead atoms. The molecule has 4 heterocycles. The zero-order valence-corrected chi connectivity index (χ0v) is 21.6. The van der Waals surface area contributed by atoms with Gasteiger partial charge >= 0.3 is 0 Å². The van der Waals surface area contributed by atoms with Crippen LogP contribution in [0, 0.1) is 0 Å². The van der Waals surface area contributed by atoms with Gasteiger partial charge in [-0.15, -0.1) is 0 Å². The Morgan fingerprint density at radius 1 is 1.17 bits per heavy atom. The molecular formula is C23H29N7O4S. The first kappa shape index (κ1) is 24.5. The molecule has 1 atom stereocenters. The first-order chi connectivity index (χ1) is 16.3. The predicted octanol–water partition coefficient (Wildman–Crippen LogP) is 2.54. The Hall–Kier alpha value is -3.67. The number of aromatic nitrogens is 6. The molecule has 12 heteroatoms. The van der Waals surface area contributed by atoms with Crippen LogP contribution in [0.2, 0.25) is 0 Å². The van der Waals surface area contributed by atoms with Crippen LogP contribution in [-0.4, -0.2) is 55.1 Å². The van der Waals surface area contributed by atoms with E-state index in [4.69, 9.17) is 4.74 Å². The molecular weight excluding hydrogens is 470 g/mol. The minimum absolute atomic E-state index is 0.0531. The minimum atomic E-state index is -3.71. The van der Waals surface area contributed by atoms with Gasteiger partial charge in [-0.2, -0.15) is 10.2 Å². The van der Waals surface area contributed by atoms with Gasteiger partial charge in [-0.1, -0.05) is 0 Å². The summed E-state index contributed by atoms with van der Waals surface area (Å²) in [6.45, 7) is 6.76. The summed E-state index contributed by atoms with van der Waals surface area (Å²) in [6.07, 6.45) is 4.89. The average molecular weight is 500 g/mol. The second-order valence-corrected chi connectivity index (χ2v) is 12.0. The predicted molar refractivity (Wildman–Crippen MR) is 130 cm³/mol. The van der Waals surface area contributed by atoms with Gasteiger partial charge in [0.1, 0.15) is 27.7 Å². The number of hydrogen-bond acceptors (Lipinski definition) is 7. The number of amides is 1. The largest absolute Gasteiger partial charge is 0.495 e. The smallest absolute Gasteiger partial charge is 0.270 e. The van der Waals surface area contributed by atoms with Gasteiger partial charge in [0.25, 0.3) is 5.91 Å². The van der Waals surface area contributed by atoms with Crippen molar-refractivity contribution in [3.8, 4) is 17.1 Å². The molecule has 35 heavy (non-hydrogen) atoms. The van der Waals surface area contributed by atoms with E-state index in [9.17, 15) is 13.2 Å². The van der Waals surface area contributed by atoms with Gasteiger partial charge in [-0.3, -0.25) is 18.6 Å². The highest BCUT2D eigenvalue weighted by molar-refractivity contribution is 7.92. The van der Waals surface area contributed by atoms with E-state index < -0.39 is 14.6 Å². The molecule has 4 rings (SSSR count). The maximum absolute atomic E-state index is 13.2. The van der Waals surface area contributed by atoms with Crippen molar-refractivity contribution in [2.45, 2.75) is 43.4 Å². The van der Waals surface area contributed by atoms with E-state index in [2.05, 4.69) is 20.5 Å². The summed E-state index contributed by atoms with van der Waals surface area (Å²) in [7, 11) is 1.20. The van der Waals surface area contributed by atoms with E-state index in [1.807, 2.05) is 26.2 Å². The Labute approximate surface area is 203 Å². The van der Waals surface area contributed by atoms with Gasteiger partial charge in [0.05, 0.1) is 35.5 Å². The number of sulfone groups is 1. The fourth-order valence-electron chi connectivity index (χ4n) is 3.68. The van der Waals surface area contributed by atoms with Crippen molar-refractivity contribution in [3.05, 3.63) is 48.2 Å². The van der Waals surface area contributed by atoms with E-state index >= 15 is 0 Å². The quantitative estimate of drug-likeness (QED) is 0.432. The molecule has 0 aromatic carbocycles. The number of nitrogens with one attached hydrogen (secondary N) is 1. The molecule has 4 aromatic heterocycles. The molecule has 1 amide bonds. The van der Waals surface area contributed by atoms with Gasteiger partial charge in [0.15, 0.2) is 9.84 Å². The third kappa shape index (κ3) is 4.29. The number of imidazole rings is 1. The molecule has 0 aliphatic heterocycles. The normalized spacial score (nSPS) is 13.2.